The first-order valence-electron chi connectivity index (χ1n) is 11.8. The van der Waals surface area contributed by atoms with Gasteiger partial charge in [-0.2, -0.15) is 0 Å². The van der Waals surface area contributed by atoms with Crippen molar-refractivity contribution in [3.8, 4) is 5.75 Å². The average molecular weight is 467 g/mol. The second-order valence-corrected chi connectivity index (χ2v) is 8.97. The van der Waals surface area contributed by atoms with Gasteiger partial charge in [-0.3, -0.25) is 9.78 Å². The summed E-state index contributed by atoms with van der Waals surface area (Å²) >= 11 is 0. The number of halogens is 1. The number of alkyl halides is 1. The first-order valence-corrected chi connectivity index (χ1v) is 11.8. The standard InChI is InChI=1S/C26H31FN4O3/c1-34-20-5-7-25-22(13-20)21(8-10-30-25)24(27)6-4-19-9-12-31(16-23(19)26(32)33)11-2-3-18-14-28-17-29-15-18/h5,7-8,10,13-15,17,19,23-24H,2-4,6,9,11-12,16H2,1H3,(H,32,33)/t19-,23+,24-/m1/s1. The van der Waals surface area contributed by atoms with Crippen molar-refractivity contribution in [2.75, 3.05) is 26.7 Å². The number of methoxy groups -OCH3 is 1. The third-order valence-electron chi connectivity index (χ3n) is 6.82. The molecule has 0 aliphatic carbocycles. The highest BCUT2D eigenvalue weighted by Gasteiger charge is 2.34. The molecule has 34 heavy (non-hydrogen) atoms. The molecule has 0 spiro atoms. The van der Waals surface area contributed by atoms with Gasteiger partial charge in [-0.25, -0.2) is 14.4 Å². The highest BCUT2D eigenvalue weighted by atomic mass is 19.1. The molecule has 1 aliphatic heterocycles. The normalized spacial score (nSPS) is 19.7. The molecule has 1 aliphatic rings. The third-order valence-corrected chi connectivity index (χ3v) is 6.82. The number of hydrogen-bond donors (Lipinski definition) is 1. The number of ether oxygens (including phenoxy) is 1. The molecule has 180 valence electrons. The number of aliphatic carboxylic acids is 1. The monoisotopic (exact) mass is 466 g/mol. The number of carboxylic acids is 1. The Kier molecular flexibility index (Phi) is 8.00. The topological polar surface area (TPSA) is 88.4 Å². The summed E-state index contributed by atoms with van der Waals surface area (Å²) in [6.45, 7) is 2.19. The molecule has 0 radical (unpaired) electrons. The molecule has 8 heteroatoms. The Bertz CT molecular complexity index is 1100. The van der Waals surface area contributed by atoms with E-state index in [1.165, 1.54) is 6.33 Å². The molecule has 2 aromatic heterocycles. The Morgan fingerprint density at radius 2 is 2.12 bits per heavy atom. The van der Waals surface area contributed by atoms with Crippen molar-refractivity contribution in [3.05, 3.63) is 60.3 Å². The highest BCUT2D eigenvalue weighted by molar-refractivity contribution is 5.83. The Balaban J connectivity index is 1.34. The quantitative estimate of drug-likeness (QED) is 0.471. The highest BCUT2D eigenvalue weighted by Crippen LogP contribution is 2.35. The largest absolute Gasteiger partial charge is 0.497 e. The van der Waals surface area contributed by atoms with E-state index in [4.69, 9.17) is 4.74 Å². The Labute approximate surface area is 199 Å². The molecule has 1 saturated heterocycles. The number of aromatic nitrogens is 3. The number of nitrogens with zero attached hydrogens (tertiary/aromatic N) is 4. The summed E-state index contributed by atoms with van der Waals surface area (Å²) in [7, 11) is 1.58. The van der Waals surface area contributed by atoms with Gasteiger partial charge in [-0.1, -0.05) is 0 Å². The number of aryl methyl sites for hydroxylation is 1. The van der Waals surface area contributed by atoms with Crippen LogP contribution in [0.3, 0.4) is 0 Å². The zero-order valence-corrected chi connectivity index (χ0v) is 19.4. The number of piperidine rings is 1. The van der Waals surface area contributed by atoms with Crippen LogP contribution in [0.2, 0.25) is 0 Å². The van der Waals surface area contributed by atoms with Crippen LogP contribution < -0.4 is 4.74 Å². The maximum absolute atomic E-state index is 15.4. The van der Waals surface area contributed by atoms with Crippen molar-refractivity contribution in [2.24, 2.45) is 11.8 Å². The van der Waals surface area contributed by atoms with Crippen LogP contribution in [-0.4, -0.2) is 57.7 Å². The van der Waals surface area contributed by atoms with E-state index >= 15 is 4.39 Å². The number of likely N-dealkylation sites (tertiary alicyclic amines) is 1. The van der Waals surface area contributed by atoms with Crippen LogP contribution in [-0.2, 0) is 11.2 Å². The smallest absolute Gasteiger partial charge is 0.308 e. The van der Waals surface area contributed by atoms with Crippen LogP contribution in [0.25, 0.3) is 10.9 Å². The van der Waals surface area contributed by atoms with E-state index in [1.54, 1.807) is 19.4 Å². The fraction of sp³-hybridized carbons (Fsp3) is 0.462. The van der Waals surface area contributed by atoms with E-state index in [-0.39, 0.29) is 5.92 Å². The number of carboxylic acid groups (broad SMARTS) is 1. The predicted octanol–water partition coefficient (Wildman–Crippen LogP) is 4.48. The zero-order chi connectivity index (χ0) is 23.9. The maximum Gasteiger partial charge on any atom is 0.308 e. The van der Waals surface area contributed by atoms with Gasteiger partial charge in [-0.05, 0) is 86.5 Å². The van der Waals surface area contributed by atoms with Crippen molar-refractivity contribution in [1.82, 2.24) is 19.9 Å². The lowest BCUT2D eigenvalue weighted by Crippen LogP contribution is -2.44. The van der Waals surface area contributed by atoms with Gasteiger partial charge in [-0.15, -0.1) is 0 Å². The molecule has 4 rings (SSSR count). The van der Waals surface area contributed by atoms with E-state index in [2.05, 4.69) is 19.9 Å². The Hall–Kier alpha value is -3.13. The summed E-state index contributed by atoms with van der Waals surface area (Å²) in [5.41, 5.74) is 2.39. The van der Waals surface area contributed by atoms with E-state index in [1.807, 2.05) is 30.6 Å². The molecule has 0 bridgehead atoms. The summed E-state index contributed by atoms with van der Waals surface area (Å²) in [6.07, 6.45) is 8.98. The minimum absolute atomic E-state index is 0.0304. The molecule has 0 saturated carbocycles. The van der Waals surface area contributed by atoms with Crippen LogP contribution in [0, 0.1) is 11.8 Å². The van der Waals surface area contributed by atoms with Gasteiger partial charge >= 0.3 is 5.97 Å². The average Bonchev–Trinajstić information content (AvgIpc) is 2.87. The van der Waals surface area contributed by atoms with Gasteiger partial charge in [0.15, 0.2) is 0 Å². The van der Waals surface area contributed by atoms with E-state index in [0.29, 0.717) is 30.7 Å². The molecule has 1 aromatic carbocycles. The van der Waals surface area contributed by atoms with Crippen LogP contribution in [0.15, 0.2) is 49.2 Å². The molecule has 1 fully saturated rings. The lowest BCUT2D eigenvalue weighted by molar-refractivity contribution is -0.146. The van der Waals surface area contributed by atoms with Crippen molar-refractivity contribution in [1.29, 1.82) is 0 Å². The van der Waals surface area contributed by atoms with Gasteiger partial charge in [0.25, 0.3) is 0 Å². The predicted molar refractivity (Wildman–Crippen MR) is 127 cm³/mol. The summed E-state index contributed by atoms with van der Waals surface area (Å²) in [6, 6.07) is 7.16. The van der Waals surface area contributed by atoms with Crippen molar-refractivity contribution in [3.63, 3.8) is 0 Å². The fourth-order valence-electron chi connectivity index (χ4n) is 4.92. The summed E-state index contributed by atoms with van der Waals surface area (Å²) < 4.78 is 20.6. The summed E-state index contributed by atoms with van der Waals surface area (Å²) in [5.74, 6) is -0.639. The molecule has 1 N–H and O–H groups in total. The summed E-state index contributed by atoms with van der Waals surface area (Å²) in [5, 5.41) is 10.6. The van der Waals surface area contributed by atoms with Crippen molar-refractivity contribution >= 4 is 16.9 Å². The minimum atomic E-state index is -1.18. The van der Waals surface area contributed by atoms with Crippen LogP contribution in [0.5, 0.6) is 5.75 Å². The van der Waals surface area contributed by atoms with Crippen LogP contribution >= 0.6 is 0 Å². The number of pyridine rings is 1. The molecular formula is C26H31FN4O3. The Morgan fingerprint density at radius 3 is 2.88 bits per heavy atom. The van der Waals surface area contributed by atoms with Gasteiger partial charge in [0.05, 0.1) is 18.5 Å². The molecule has 3 aromatic rings. The van der Waals surface area contributed by atoms with Gasteiger partial charge in [0.1, 0.15) is 18.2 Å². The van der Waals surface area contributed by atoms with Crippen molar-refractivity contribution < 1.29 is 19.0 Å². The van der Waals surface area contributed by atoms with Gasteiger partial charge < -0.3 is 14.7 Å². The zero-order valence-electron chi connectivity index (χ0n) is 19.4. The third kappa shape index (κ3) is 5.86. The summed E-state index contributed by atoms with van der Waals surface area (Å²) in [4.78, 5) is 26.6. The number of rotatable bonds is 10. The van der Waals surface area contributed by atoms with E-state index < -0.39 is 18.1 Å². The molecule has 3 atom stereocenters. The minimum Gasteiger partial charge on any atom is -0.497 e. The lowest BCUT2D eigenvalue weighted by Gasteiger charge is -2.36. The molecule has 7 nitrogen and oxygen atoms in total. The number of fused-ring (bicyclic) bond motifs is 1. The number of hydrogen-bond acceptors (Lipinski definition) is 6. The van der Waals surface area contributed by atoms with Gasteiger partial charge in [0.2, 0.25) is 0 Å². The Morgan fingerprint density at radius 1 is 1.29 bits per heavy atom. The van der Waals surface area contributed by atoms with Crippen molar-refractivity contribution in [2.45, 2.75) is 38.3 Å². The second-order valence-electron chi connectivity index (χ2n) is 8.97. The SMILES string of the molecule is COc1ccc2nccc([C@H](F)CC[C@@H]3CCN(CCCc4cncnc4)C[C@@H]3C(=O)O)c2c1. The van der Waals surface area contributed by atoms with E-state index in [9.17, 15) is 9.90 Å². The molecule has 3 heterocycles. The fourth-order valence-corrected chi connectivity index (χ4v) is 4.92. The molecular weight excluding hydrogens is 435 g/mol. The molecule has 0 amide bonds. The molecule has 0 unspecified atom stereocenters. The second kappa shape index (κ2) is 11.3. The maximum atomic E-state index is 15.4. The first-order chi connectivity index (χ1) is 16.5. The van der Waals surface area contributed by atoms with E-state index in [0.717, 1.165) is 48.8 Å². The van der Waals surface area contributed by atoms with Crippen LogP contribution in [0.1, 0.15) is 43.0 Å². The van der Waals surface area contributed by atoms with Gasteiger partial charge in [0, 0.05) is 30.5 Å². The van der Waals surface area contributed by atoms with Crippen LogP contribution in [0.4, 0.5) is 4.39 Å². The number of benzene rings is 1. The first kappa shape index (κ1) is 24.0. The number of carbonyl (C=O) groups is 1. The lowest BCUT2D eigenvalue weighted by atomic mass is 9.81.